The molecule has 1 aromatic heterocycles. The summed E-state index contributed by atoms with van der Waals surface area (Å²) < 4.78 is 0. The molecule has 1 aliphatic carbocycles. The van der Waals surface area contributed by atoms with Crippen LogP contribution in [0.25, 0.3) is 0 Å². The highest BCUT2D eigenvalue weighted by molar-refractivity contribution is 5.50. The minimum absolute atomic E-state index is 0.508. The van der Waals surface area contributed by atoms with E-state index in [9.17, 15) is 0 Å². The van der Waals surface area contributed by atoms with Gasteiger partial charge in [0.25, 0.3) is 0 Å². The lowest BCUT2D eigenvalue weighted by molar-refractivity contribution is 0.247. The quantitative estimate of drug-likeness (QED) is 0.417. The highest BCUT2D eigenvalue weighted by atomic mass is 15.1. The first-order chi connectivity index (χ1) is 17.3. The molecule has 0 spiro atoms. The summed E-state index contributed by atoms with van der Waals surface area (Å²) in [6, 6.07) is 25.9. The van der Waals surface area contributed by atoms with E-state index in [1.807, 2.05) is 18.3 Å². The molecule has 1 saturated heterocycles. The first kappa shape index (κ1) is 23.4. The number of nitriles is 1. The van der Waals surface area contributed by atoms with Gasteiger partial charge >= 0.3 is 0 Å². The monoisotopic (exact) mass is 464 g/mol. The number of pyridine rings is 1. The molecule has 0 unspecified atom stereocenters. The molecule has 2 heterocycles. The molecule has 4 heteroatoms. The summed E-state index contributed by atoms with van der Waals surface area (Å²) in [6.45, 7) is 2.24. The lowest BCUT2D eigenvalue weighted by Crippen LogP contribution is -2.39. The van der Waals surface area contributed by atoms with Crippen LogP contribution < -0.4 is 10.2 Å². The second-order valence-corrected chi connectivity index (χ2v) is 10.4. The second kappa shape index (κ2) is 11.4. The normalized spacial score (nSPS) is 22.4. The van der Waals surface area contributed by atoms with E-state index in [-0.39, 0.29) is 0 Å². The van der Waals surface area contributed by atoms with Crippen LogP contribution in [-0.4, -0.2) is 24.1 Å². The summed E-state index contributed by atoms with van der Waals surface area (Å²) >= 11 is 0. The first-order valence-corrected chi connectivity index (χ1v) is 13.3. The number of hydrogen-bond acceptors (Lipinski definition) is 4. The Balaban J connectivity index is 1.21. The van der Waals surface area contributed by atoms with Crippen molar-refractivity contribution in [1.82, 2.24) is 4.98 Å². The maximum atomic E-state index is 9.10. The fourth-order valence-corrected chi connectivity index (χ4v) is 6.03. The fraction of sp³-hybridized carbons (Fsp3) is 0.419. The zero-order valence-corrected chi connectivity index (χ0v) is 20.6. The van der Waals surface area contributed by atoms with Crippen LogP contribution in [-0.2, 0) is 6.42 Å². The predicted octanol–water partition coefficient (Wildman–Crippen LogP) is 6.82. The predicted molar refractivity (Wildman–Crippen MR) is 144 cm³/mol. The van der Waals surface area contributed by atoms with Crippen molar-refractivity contribution < 1.29 is 0 Å². The molecule has 0 amide bonds. The highest BCUT2D eigenvalue weighted by Gasteiger charge is 2.30. The molecule has 35 heavy (non-hydrogen) atoms. The Morgan fingerprint density at radius 1 is 0.914 bits per heavy atom. The summed E-state index contributed by atoms with van der Waals surface area (Å²) in [5.74, 6) is 2.46. The van der Waals surface area contributed by atoms with E-state index >= 15 is 0 Å². The van der Waals surface area contributed by atoms with Gasteiger partial charge in [-0.05, 0) is 97.9 Å². The van der Waals surface area contributed by atoms with Crippen LogP contribution in [0.15, 0.2) is 72.9 Å². The number of hydrogen-bond donors (Lipinski definition) is 1. The van der Waals surface area contributed by atoms with Crippen LogP contribution in [0.4, 0.5) is 11.5 Å². The van der Waals surface area contributed by atoms with Crippen molar-refractivity contribution >= 4 is 11.5 Å². The van der Waals surface area contributed by atoms with Crippen molar-refractivity contribution in [3.05, 3.63) is 89.6 Å². The van der Waals surface area contributed by atoms with E-state index in [0.29, 0.717) is 12.0 Å². The Labute approximate surface area is 210 Å². The number of nitrogens with zero attached hydrogens (tertiary/aromatic N) is 3. The van der Waals surface area contributed by atoms with E-state index in [2.05, 4.69) is 75.9 Å². The first-order valence-electron chi connectivity index (χ1n) is 13.3. The molecule has 2 aromatic carbocycles. The van der Waals surface area contributed by atoms with Crippen LogP contribution in [0.5, 0.6) is 0 Å². The average Bonchev–Trinajstić information content (AvgIpc) is 2.91. The lowest BCUT2D eigenvalue weighted by Gasteiger charge is -2.39. The van der Waals surface area contributed by atoms with Gasteiger partial charge in [-0.15, -0.1) is 0 Å². The van der Waals surface area contributed by atoms with Crippen molar-refractivity contribution in [2.45, 2.75) is 57.4 Å². The maximum Gasteiger partial charge on any atom is 0.126 e. The number of piperidine rings is 1. The standard InChI is InChI=1S/C31H36N4/c32-22-25-12-14-29(15-13-25)35-18-6-9-27(23-35)20-28-10-4-5-11-30(28)34-31-21-26(16-17-33-31)19-24-7-2-1-3-8-24/h1-3,7-8,12-17,21,27-28,30H,4-6,9-11,18-20,23H2,(H,33,34)/t27-,28+,30-/m1/s1. The summed E-state index contributed by atoms with van der Waals surface area (Å²) in [5.41, 5.74) is 4.64. The van der Waals surface area contributed by atoms with Gasteiger partial charge in [0.2, 0.25) is 0 Å². The molecule has 2 fully saturated rings. The zero-order valence-electron chi connectivity index (χ0n) is 20.6. The van der Waals surface area contributed by atoms with E-state index < -0.39 is 0 Å². The maximum absolute atomic E-state index is 9.10. The third-order valence-corrected chi connectivity index (χ3v) is 7.83. The molecule has 4 nitrogen and oxygen atoms in total. The topological polar surface area (TPSA) is 52.0 Å². The largest absolute Gasteiger partial charge is 0.371 e. The van der Waals surface area contributed by atoms with Gasteiger partial charge in [0.05, 0.1) is 11.6 Å². The number of nitrogens with one attached hydrogen (secondary N) is 1. The van der Waals surface area contributed by atoms with Crippen molar-refractivity contribution in [2.75, 3.05) is 23.3 Å². The molecule has 3 atom stereocenters. The van der Waals surface area contributed by atoms with Gasteiger partial charge < -0.3 is 10.2 Å². The second-order valence-electron chi connectivity index (χ2n) is 10.4. The molecule has 1 N–H and O–H groups in total. The van der Waals surface area contributed by atoms with Gasteiger partial charge in [-0.25, -0.2) is 4.98 Å². The SMILES string of the molecule is N#Cc1ccc(N2CCC[C@H](C[C@@H]3CCCC[C@H]3Nc3cc(Cc4ccccc4)ccn3)C2)cc1. The van der Waals surface area contributed by atoms with Gasteiger partial charge in [0.15, 0.2) is 0 Å². The molecule has 0 radical (unpaired) electrons. The average molecular weight is 465 g/mol. The van der Waals surface area contributed by atoms with Gasteiger partial charge in [-0.2, -0.15) is 5.26 Å². The van der Waals surface area contributed by atoms with Gasteiger partial charge in [-0.3, -0.25) is 0 Å². The number of rotatable bonds is 7. The van der Waals surface area contributed by atoms with Crippen LogP contribution in [0.1, 0.15) is 61.6 Å². The van der Waals surface area contributed by atoms with Gasteiger partial charge in [0, 0.05) is 31.0 Å². The van der Waals surface area contributed by atoms with Crippen LogP contribution in [0, 0.1) is 23.2 Å². The number of anilines is 2. The zero-order chi connectivity index (χ0) is 23.9. The van der Waals surface area contributed by atoms with E-state index in [1.165, 1.54) is 61.8 Å². The third-order valence-electron chi connectivity index (χ3n) is 7.83. The summed E-state index contributed by atoms with van der Waals surface area (Å²) in [5, 5.41) is 12.9. The van der Waals surface area contributed by atoms with Crippen LogP contribution >= 0.6 is 0 Å². The fourth-order valence-electron chi connectivity index (χ4n) is 6.03. The summed E-state index contributed by atoms with van der Waals surface area (Å²) in [7, 11) is 0. The molecule has 0 bridgehead atoms. The lowest BCUT2D eigenvalue weighted by atomic mass is 9.77. The minimum Gasteiger partial charge on any atom is -0.371 e. The molecule has 5 rings (SSSR count). The molecule has 1 saturated carbocycles. The Morgan fingerprint density at radius 2 is 1.74 bits per heavy atom. The Kier molecular flexibility index (Phi) is 7.63. The molecular weight excluding hydrogens is 428 g/mol. The van der Waals surface area contributed by atoms with Crippen molar-refractivity contribution in [1.29, 1.82) is 5.26 Å². The summed E-state index contributed by atoms with van der Waals surface area (Å²) in [6.07, 6.45) is 12.0. The Bertz CT molecular complexity index is 1120. The number of aromatic nitrogens is 1. The third kappa shape index (κ3) is 6.22. The van der Waals surface area contributed by atoms with E-state index in [4.69, 9.17) is 5.26 Å². The molecular formula is C31H36N4. The van der Waals surface area contributed by atoms with Crippen LogP contribution in [0.3, 0.4) is 0 Å². The molecule has 2 aliphatic rings. The Morgan fingerprint density at radius 3 is 2.57 bits per heavy atom. The van der Waals surface area contributed by atoms with E-state index in [1.54, 1.807) is 0 Å². The van der Waals surface area contributed by atoms with Gasteiger partial charge in [0.1, 0.15) is 5.82 Å². The van der Waals surface area contributed by atoms with Crippen molar-refractivity contribution in [3.63, 3.8) is 0 Å². The highest BCUT2D eigenvalue weighted by Crippen LogP contribution is 2.35. The van der Waals surface area contributed by atoms with Crippen molar-refractivity contribution in [2.24, 2.45) is 11.8 Å². The molecule has 3 aromatic rings. The molecule has 1 aliphatic heterocycles. The van der Waals surface area contributed by atoms with E-state index in [0.717, 1.165) is 36.8 Å². The number of benzene rings is 2. The summed E-state index contributed by atoms with van der Waals surface area (Å²) in [4.78, 5) is 7.20. The van der Waals surface area contributed by atoms with Crippen molar-refractivity contribution in [3.8, 4) is 6.07 Å². The Hall–Kier alpha value is -3.32. The van der Waals surface area contributed by atoms with Gasteiger partial charge in [-0.1, -0.05) is 43.2 Å². The van der Waals surface area contributed by atoms with Crippen LogP contribution in [0.2, 0.25) is 0 Å². The minimum atomic E-state index is 0.508. The molecule has 180 valence electrons. The smallest absolute Gasteiger partial charge is 0.126 e.